The van der Waals surface area contributed by atoms with E-state index in [1.165, 1.54) is 44.5 Å². The van der Waals surface area contributed by atoms with E-state index in [2.05, 4.69) is 98.8 Å². The van der Waals surface area contributed by atoms with Crippen LogP contribution in [0, 0.1) is 13.8 Å². The third-order valence-electron chi connectivity index (χ3n) is 5.97. The van der Waals surface area contributed by atoms with Gasteiger partial charge in [0.15, 0.2) is 0 Å². The Kier molecular flexibility index (Phi) is 3.67. The molecule has 0 saturated carbocycles. The Bertz CT molecular complexity index is 1140. The zero-order chi connectivity index (χ0) is 19.3. The van der Waals surface area contributed by atoms with Gasteiger partial charge in [-0.1, -0.05) is 90.0 Å². The van der Waals surface area contributed by atoms with Crippen LogP contribution in [0.3, 0.4) is 0 Å². The number of anilines is 1. The minimum atomic E-state index is -0.362. The molecule has 0 fully saturated rings. The molecule has 0 heterocycles. The molecule has 0 unspecified atom stereocenters. The first kappa shape index (κ1) is 16.8. The topological polar surface area (TPSA) is 26.0 Å². The second kappa shape index (κ2) is 6.10. The van der Waals surface area contributed by atoms with Gasteiger partial charge in [-0.3, -0.25) is 0 Å². The first-order chi connectivity index (χ1) is 13.6. The maximum Gasteiger partial charge on any atom is 0.0714 e. The quantitative estimate of drug-likeness (QED) is 0.370. The lowest BCUT2D eigenvalue weighted by Gasteiger charge is -2.34. The van der Waals surface area contributed by atoms with Crippen molar-refractivity contribution in [1.29, 1.82) is 0 Å². The molecule has 5 rings (SSSR count). The lowest BCUT2D eigenvalue weighted by Crippen LogP contribution is -2.28. The van der Waals surface area contributed by atoms with Crippen LogP contribution >= 0.6 is 0 Å². The van der Waals surface area contributed by atoms with Crippen LogP contribution < -0.4 is 5.73 Å². The van der Waals surface area contributed by atoms with E-state index in [4.69, 9.17) is 5.73 Å². The summed E-state index contributed by atoms with van der Waals surface area (Å²) in [6.07, 6.45) is 0. The van der Waals surface area contributed by atoms with Crippen molar-refractivity contribution in [3.05, 3.63) is 124 Å². The minimum Gasteiger partial charge on any atom is -0.399 e. The molecule has 2 N–H and O–H groups in total. The van der Waals surface area contributed by atoms with Crippen LogP contribution in [0.15, 0.2) is 91.0 Å². The molecule has 1 heteroatoms. The van der Waals surface area contributed by atoms with Crippen LogP contribution in [0.4, 0.5) is 5.69 Å². The number of benzene rings is 4. The van der Waals surface area contributed by atoms with Crippen molar-refractivity contribution in [2.24, 2.45) is 0 Å². The Morgan fingerprint density at radius 1 is 0.571 bits per heavy atom. The Labute approximate surface area is 166 Å². The van der Waals surface area contributed by atoms with Crippen LogP contribution in [-0.4, -0.2) is 0 Å². The van der Waals surface area contributed by atoms with Crippen LogP contribution in [0.25, 0.3) is 11.1 Å². The van der Waals surface area contributed by atoms with Crippen molar-refractivity contribution in [2.45, 2.75) is 19.3 Å². The van der Waals surface area contributed by atoms with Gasteiger partial charge in [0, 0.05) is 5.69 Å². The molecule has 4 aromatic carbocycles. The summed E-state index contributed by atoms with van der Waals surface area (Å²) < 4.78 is 0. The third-order valence-corrected chi connectivity index (χ3v) is 5.97. The van der Waals surface area contributed by atoms with Crippen molar-refractivity contribution in [2.75, 3.05) is 5.73 Å². The maximum atomic E-state index is 6.26. The molecule has 0 spiro atoms. The fourth-order valence-corrected chi connectivity index (χ4v) is 4.80. The lowest BCUT2D eigenvalue weighted by atomic mass is 9.67. The molecule has 1 nitrogen and oxygen atoms in total. The highest BCUT2D eigenvalue weighted by Gasteiger charge is 2.46. The summed E-state index contributed by atoms with van der Waals surface area (Å²) in [5.74, 6) is 0. The first-order valence-corrected chi connectivity index (χ1v) is 9.75. The Morgan fingerprint density at radius 2 is 1.14 bits per heavy atom. The molecule has 0 atom stereocenters. The van der Waals surface area contributed by atoms with Crippen molar-refractivity contribution >= 4 is 5.69 Å². The van der Waals surface area contributed by atoms with Crippen molar-refractivity contribution in [1.82, 2.24) is 0 Å². The minimum absolute atomic E-state index is 0.362. The number of hydrogen-bond acceptors (Lipinski definition) is 1. The summed E-state index contributed by atoms with van der Waals surface area (Å²) in [5, 5.41) is 0. The van der Waals surface area contributed by atoms with E-state index in [1.807, 2.05) is 6.07 Å². The Balaban J connectivity index is 2.00. The monoisotopic (exact) mass is 361 g/mol. The molecule has 0 aromatic heterocycles. The van der Waals surface area contributed by atoms with Gasteiger partial charge in [0.05, 0.1) is 5.41 Å². The Hall–Kier alpha value is -3.32. The molecule has 1 aliphatic rings. The van der Waals surface area contributed by atoms with Gasteiger partial charge in [0.2, 0.25) is 0 Å². The fraction of sp³-hybridized carbons (Fsp3) is 0.111. The van der Waals surface area contributed by atoms with E-state index >= 15 is 0 Å². The van der Waals surface area contributed by atoms with Crippen molar-refractivity contribution in [3.63, 3.8) is 0 Å². The van der Waals surface area contributed by atoms with E-state index in [0.717, 1.165) is 5.69 Å². The molecule has 4 aromatic rings. The second-order valence-corrected chi connectivity index (χ2v) is 7.84. The summed E-state index contributed by atoms with van der Waals surface area (Å²) >= 11 is 0. The van der Waals surface area contributed by atoms with E-state index in [1.54, 1.807) is 0 Å². The predicted molar refractivity (Wildman–Crippen MR) is 118 cm³/mol. The lowest BCUT2D eigenvalue weighted by molar-refractivity contribution is 0.767. The van der Waals surface area contributed by atoms with E-state index in [9.17, 15) is 0 Å². The van der Waals surface area contributed by atoms with Crippen LogP contribution in [0.1, 0.15) is 33.4 Å². The third kappa shape index (κ3) is 2.26. The fourth-order valence-electron chi connectivity index (χ4n) is 4.80. The molecule has 136 valence electrons. The normalized spacial score (nSPS) is 13.8. The summed E-state index contributed by atoms with van der Waals surface area (Å²) in [6.45, 7) is 4.34. The summed E-state index contributed by atoms with van der Waals surface area (Å²) in [5.41, 5.74) is 17.0. The molecular formula is C27H23N. The Morgan fingerprint density at radius 3 is 1.71 bits per heavy atom. The highest BCUT2D eigenvalue weighted by molar-refractivity contribution is 5.87. The van der Waals surface area contributed by atoms with Crippen LogP contribution in [-0.2, 0) is 5.41 Å². The molecule has 0 bridgehead atoms. The van der Waals surface area contributed by atoms with Gasteiger partial charge in [0.25, 0.3) is 0 Å². The number of hydrogen-bond donors (Lipinski definition) is 1. The number of rotatable bonds is 2. The predicted octanol–water partition coefficient (Wildman–Crippen LogP) is 6.25. The van der Waals surface area contributed by atoms with Gasteiger partial charge >= 0.3 is 0 Å². The number of nitrogen functional groups attached to an aromatic ring is 1. The smallest absolute Gasteiger partial charge is 0.0714 e. The summed E-state index contributed by atoms with van der Waals surface area (Å²) in [6, 6.07) is 32.9. The zero-order valence-electron chi connectivity index (χ0n) is 16.2. The van der Waals surface area contributed by atoms with Gasteiger partial charge in [-0.15, -0.1) is 0 Å². The summed E-state index contributed by atoms with van der Waals surface area (Å²) in [7, 11) is 0. The SMILES string of the molecule is Cc1ccc2c(c1)C(c1ccccc1)(c1cccc(N)c1)c1cc(C)ccc1-2. The standard InChI is InChI=1S/C27H23N/c1-18-11-13-23-24-14-12-19(2)16-26(24)27(25(23)15-18,20-7-4-3-5-8-20)21-9-6-10-22(28)17-21/h3-17H,28H2,1-2H3. The first-order valence-electron chi connectivity index (χ1n) is 9.75. The average Bonchev–Trinajstić information content (AvgIpc) is 2.98. The zero-order valence-corrected chi connectivity index (χ0v) is 16.2. The highest BCUT2D eigenvalue weighted by atomic mass is 14.6. The van der Waals surface area contributed by atoms with Gasteiger partial charge in [-0.25, -0.2) is 0 Å². The second-order valence-electron chi connectivity index (χ2n) is 7.84. The van der Waals surface area contributed by atoms with Gasteiger partial charge in [-0.2, -0.15) is 0 Å². The number of fused-ring (bicyclic) bond motifs is 3. The van der Waals surface area contributed by atoms with Crippen LogP contribution in [0.2, 0.25) is 0 Å². The number of nitrogens with two attached hydrogens (primary N) is 1. The molecule has 0 amide bonds. The highest BCUT2D eigenvalue weighted by Crippen LogP contribution is 2.56. The number of aryl methyl sites for hydroxylation is 2. The van der Waals surface area contributed by atoms with Gasteiger partial charge < -0.3 is 5.73 Å². The molecular weight excluding hydrogens is 338 g/mol. The van der Waals surface area contributed by atoms with E-state index in [0.29, 0.717) is 0 Å². The molecule has 0 aliphatic heterocycles. The van der Waals surface area contributed by atoms with Crippen LogP contribution in [0.5, 0.6) is 0 Å². The molecule has 28 heavy (non-hydrogen) atoms. The molecule has 0 radical (unpaired) electrons. The van der Waals surface area contributed by atoms with Gasteiger partial charge in [-0.05, 0) is 59.4 Å². The van der Waals surface area contributed by atoms with E-state index in [-0.39, 0.29) is 5.41 Å². The largest absolute Gasteiger partial charge is 0.399 e. The average molecular weight is 361 g/mol. The van der Waals surface area contributed by atoms with Crippen molar-refractivity contribution in [3.8, 4) is 11.1 Å². The van der Waals surface area contributed by atoms with Gasteiger partial charge in [0.1, 0.15) is 0 Å². The summed E-state index contributed by atoms with van der Waals surface area (Å²) in [4.78, 5) is 0. The molecule has 0 saturated heterocycles. The molecule has 1 aliphatic carbocycles. The van der Waals surface area contributed by atoms with Crippen molar-refractivity contribution < 1.29 is 0 Å². The maximum absolute atomic E-state index is 6.26. The van der Waals surface area contributed by atoms with E-state index < -0.39 is 0 Å².